The highest BCUT2D eigenvalue weighted by atomic mass is 32.3. The van der Waals surface area contributed by atoms with Gasteiger partial charge in [-0.3, -0.25) is 4.79 Å². The largest absolute Gasteiger partial charge is 0.459 e. The molecule has 4 aliphatic rings. The summed E-state index contributed by atoms with van der Waals surface area (Å²) in [5, 5.41) is 10.8. The second kappa shape index (κ2) is 10.6. The van der Waals surface area contributed by atoms with Gasteiger partial charge < -0.3 is 8.92 Å². The first kappa shape index (κ1) is 26.1. The lowest BCUT2D eigenvalue weighted by Crippen LogP contribution is -2.57. The third-order valence-corrected chi connectivity index (χ3v) is 10.7. The van der Waals surface area contributed by atoms with Crippen LogP contribution < -0.4 is 4.18 Å². The molecule has 34 heavy (non-hydrogen) atoms. The molecule has 1 N–H and O–H groups in total. The molecule has 0 amide bonds. The van der Waals surface area contributed by atoms with Crippen molar-refractivity contribution in [2.45, 2.75) is 69.3 Å². The van der Waals surface area contributed by atoms with Crippen molar-refractivity contribution in [1.29, 1.82) is 0 Å². The molecule has 0 heterocycles. The van der Waals surface area contributed by atoms with E-state index in [1.165, 1.54) is 50.3 Å². The molecule has 0 atom stereocenters. The van der Waals surface area contributed by atoms with Gasteiger partial charge in [0.1, 0.15) is 11.4 Å². The molecule has 4 aliphatic carbocycles. The Balaban J connectivity index is 1.23. The van der Waals surface area contributed by atoms with E-state index in [-0.39, 0.29) is 17.1 Å². The minimum absolute atomic E-state index is 0.135. The summed E-state index contributed by atoms with van der Waals surface area (Å²) in [4.78, 5) is 13.6. The first-order chi connectivity index (χ1) is 16.1. The summed E-state index contributed by atoms with van der Waals surface area (Å²) in [6, 6.07) is 6.56. The van der Waals surface area contributed by atoms with Crippen molar-refractivity contribution in [3.8, 4) is 5.75 Å². The Kier molecular flexibility index (Phi) is 8.10. The molecule has 4 bridgehead atoms. The number of esters is 1. The predicted octanol–water partition coefficient (Wildman–Crippen LogP) is 5.44. The summed E-state index contributed by atoms with van der Waals surface area (Å²) >= 11 is 1.89. The van der Waals surface area contributed by atoms with Gasteiger partial charge in [0.25, 0.3) is 0 Å². The van der Waals surface area contributed by atoms with E-state index in [9.17, 15) is 13.2 Å². The fourth-order valence-corrected chi connectivity index (χ4v) is 8.51. The van der Waals surface area contributed by atoms with Gasteiger partial charge >= 0.3 is 16.1 Å². The molecule has 190 valence electrons. The Morgan fingerprint density at radius 2 is 1.68 bits per heavy atom. The zero-order valence-corrected chi connectivity index (χ0v) is 21.9. The van der Waals surface area contributed by atoms with Gasteiger partial charge in [-0.25, -0.2) is 5.26 Å². The van der Waals surface area contributed by atoms with E-state index in [1.54, 1.807) is 24.3 Å². The number of thioether (sulfide) groups is 1. The maximum absolute atomic E-state index is 12.7. The Labute approximate surface area is 209 Å². The molecule has 0 radical (unpaired) electrons. The van der Waals surface area contributed by atoms with Crippen molar-refractivity contribution in [1.82, 2.24) is 0 Å². The predicted molar refractivity (Wildman–Crippen MR) is 129 cm³/mol. The number of rotatable bonds is 12. The molecule has 11 heteroatoms. The van der Waals surface area contributed by atoms with E-state index in [2.05, 4.69) is 23.2 Å². The zero-order chi connectivity index (χ0) is 24.4. The third-order valence-electron chi connectivity index (χ3n) is 7.58. The van der Waals surface area contributed by atoms with Crippen LogP contribution in [0.4, 0.5) is 0 Å². The van der Waals surface area contributed by atoms with E-state index in [0.29, 0.717) is 24.2 Å². The first-order valence-electron chi connectivity index (χ1n) is 11.6. The molecule has 0 aliphatic heterocycles. The minimum Gasteiger partial charge on any atom is -0.459 e. The smallest absolute Gasteiger partial charge is 0.321 e. The molecule has 4 saturated carbocycles. The normalized spacial score (nSPS) is 28.1. The molecule has 0 unspecified atom stereocenters. The molecule has 1 aromatic rings. The van der Waals surface area contributed by atoms with Crippen LogP contribution in [0.1, 0.15) is 58.8 Å². The Hall–Kier alpha value is -0.980. The van der Waals surface area contributed by atoms with Crippen molar-refractivity contribution in [2.75, 3.05) is 10.8 Å². The average molecular weight is 533 g/mol. The highest BCUT2D eigenvalue weighted by Gasteiger charge is 2.58. The molecule has 0 aromatic heterocycles. The third kappa shape index (κ3) is 6.22. The Bertz CT molecular complexity index is 926. The number of benzene rings is 1. The van der Waals surface area contributed by atoms with E-state index < -0.39 is 20.8 Å². The average Bonchev–Trinajstić information content (AvgIpc) is 2.73. The molecule has 8 nitrogen and oxygen atoms in total. The molecule has 1 aromatic carbocycles. The van der Waals surface area contributed by atoms with E-state index >= 15 is 0 Å². The van der Waals surface area contributed by atoms with Crippen LogP contribution in [-0.4, -0.2) is 36.1 Å². The molecule has 4 fully saturated rings. The van der Waals surface area contributed by atoms with Crippen LogP contribution in [0.3, 0.4) is 0 Å². The van der Waals surface area contributed by atoms with Gasteiger partial charge in [0.05, 0.1) is 18.5 Å². The van der Waals surface area contributed by atoms with Crippen LogP contribution in [0.2, 0.25) is 0 Å². The molecular formula is C23H32O8S3. The van der Waals surface area contributed by atoms with Gasteiger partial charge in [0.2, 0.25) is 0 Å². The fraction of sp³-hybridized carbons (Fsp3) is 0.696. The van der Waals surface area contributed by atoms with Crippen LogP contribution in [0, 0.1) is 23.2 Å². The van der Waals surface area contributed by atoms with Gasteiger partial charge in [0, 0.05) is 16.1 Å². The van der Waals surface area contributed by atoms with Gasteiger partial charge in [-0.1, -0.05) is 5.04 Å². The summed E-state index contributed by atoms with van der Waals surface area (Å²) in [6.45, 7) is 4.22. The maximum Gasteiger partial charge on any atom is 0.321 e. The molecule has 0 saturated heterocycles. The summed E-state index contributed by atoms with van der Waals surface area (Å²) in [6.07, 6.45) is 7.99. The van der Waals surface area contributed by atoms with Crippen LogP contribution >= 0.6 is 23.8 Å². The number of carbonyl (C=O) groups is 1. The van der Waals surface area contributed by atoms with Gasteiger partial charge in [-0.05, 0) is 94.4 Å². The number of hydrogen-bond donors (Lipinski definition) is 1. The zero-order valence-electron chi connectivity index (χ0n) is 19.4. The van der Waals surface area contributed by atoms with E-state index in [1.807, 2.05) is 0 Å². The highest BCUT2D eigenvalue weighted by Crippen LogP contribution is 2.64. The highest BCUT2D eigenvalue weighted by molar-refractivity contribution is 8.08. The summed E-state index contributed by atoms with van der Waals surface area (Å²) < 4.78 is 38.7. The van der Waals surface area contributed by atoms with Crippen molar-refractivity contribution < 1.29 is 36.8 Å². The minimum atomic E-state index is -3.90. The monoisotopic (exact) mass is 532 g/mol. The molecule has 5 rings (SSSR count). The lowest BCUT2D eigenvalue weighted by molar-refractivity contribution is -0.432. The number of carbonyl (C=O) groups excluding carboxylic acids is 1. The van der Waals surface area contributed by atoms with Crippen molar-refractivity contribution in [3.05, 3.63) is 24.3 Å². The van der Waals surface area contributed by atoms with Crippen LogP contribution in [0.15, 0.2) is 29.2 Å². The summed E-state index contributed by atoms with van der Waals surface area (Å²) in [5.41, 5.74) is -0.307. The van der Waals surface area contributed by atoms with E-state index in [4.69, 9.17) is 14.2 Å². The Morgan fingerprint density at radius 3 is 2.24 bits per heavy atom. The lowest BCUT2D eigenvalue weighted by Gasteiger charge is -2.61. The van der Waals surface area contributed by atoms with Crippen molar-refractivity contribution in [2.24, 2.45) is 23.2 Å². The second-order valence-corrected chi connectivity index (χ2v) is 14.0. The first-order valence-corrected chi connectivity index (χ1v) is 15.0. The van der Waals surface area contributed by atoms with Crippen molar-refractivity contribution in [3.63, 3.8) is 0 Å². The number of ether oxygens (including phenoxy) is 1. The van der Waals surface area contributed by atoms with Crippen LogP contribution in [0.25, 0.3) is 0 Å². The van der Waals surface area contributed by atoms with Gasteiger partial charge in [0.15, 0.2) is 5.08 Å². The summed E-state index contributed by atoms with van der Waals surface area (Å²) in [7, 11) is -3.90. The summed E-state index contributed by atoms with van der Waals surface area (Å²) in [5.74, 6) is 3.00. The standard InChI is InChI=1S/C23H32O8S3/c1-22(2,23-12-16-9-17(13-23)11-18(10-16)14-23)28-21(24)7-8-32-20-5-3-19(4-6-20)29-34(26,27)15-33-31-30-25/h3-6,16-18,25H,7-15H2,1-2H3. The molecular weight excluding hydrogens is 500 g/mol. The number of hydrogen-bond acceptors (Lipinski definition) is 10. The maximum atomic E-state index is 12.7. The lowest BCUT2D eigenvalue weighted by atomic mass is 9.46. The quantitative estimate of drug-likeness (QED) is 0.0710. The fourth-order valence-electron chi connectivity index (χ4n) is 6.41. The Morgan fingerprint density at radius 1 is 1.09 bits per heavy atom. The van der Waals surface area contributed by atoms with Gasteiger partial charge in [-0.15, -0.1) is 16.1 Å². The van der Waals surface area contributed by atoms with Crippen molar-refractivity contribution >= 4 is 39.9 Å². The van der Waals surface area contributed by atoms with Crippen LogP contribution in [0.5, 0.6) is 5.75 Å². The molecule has 0 spiro atoms. The second-order valence-electron chi connectivity index (χ2n) is 10.3. The van der Waals surface area contributed by atoms with Crippen LogP contribution in [-0.2, 0) is 29.0 Å². The topological polar surface area (TPSA) is 108 Å². The SMILES string of the molecule is CC(C)(OC(=O)CCSc1ccc(OS(=O)(=O)CSOOO)cc1)C12CC3CC(CC(C3)C1)C2. The van der Waals surface area contributed by atoms with E-state index in [0.717, 1.165) is 22.6 Å². The van der Waals surface area contributed by atoms with Gasteiger partial charge in [-0.2, -0.15) is 8.42 Å².